The van der Waals surface area contributed by atoms with Gasteiger partial charge in [0.25, 0.3) is 0 Å². The summed E-state index contributed by atoms with van der Waals surface area (Å²) >= 11 is 0. The van der Waals surface area contributed by atoms with Gasteiger partial charge < -0.3 is 22.1 Å². The lowest BCUT2D eigenvalue weighted by molar-refractivity contribution is 0.568. The predicted molar refractivity (Wildman–Crippen MR) is 101 cm³/mol. The molecule has 4 nitrogen and oxygen atoms in total. The SMILES string of the molecule is CCCCCNCCCCCCN.CCCCCNCCN. The topological polar surface area (TPSA) is 76.1 Å². The molecule has 0 radical (unpaired) electrons. The second-order valence-electron chi connectivity index (χ2n) is 5.91. The Balaban J connectivity index is 0. The fourth-order valence-electron chi connectivity index (χ4n) is 2.10. The third-order valence-corrected chi connectivity index (χ3v) is 3.54. The van der Waals surface area contributed by atoms with Crippen molar-refractivity contribution < 1.29 is 0 Å². The molecule has 0 aromatic carbocycles. The number of nitrogens with one attached hydrogen (secondary N) is 2. The van der Waals surface area contributed by atoms with Crippen molar-refractivity contribution in [2.45, 2.75) is 78.1 Å². The van der Waals surface area contributed by atoms with Crippen LogP contribution in [0.3, 0.4) is 0 Å². The van der Waals surface area contributed by atoms with Gasteiger partial charge in [-0.1, -0.05) is 52.4 Å². The van der Waals surface area contributed by atoms with Gasteiger partial charge in [0.15, 0.2) is 0 Å². The van der Waals surface area contributed by atoms with E-state index in [1.165, 1.54) is 77.3 Å². The van der Waals surface area contributed by atoms with Gasteiger partial charge in [0.2, 0.25) is 0 Å². The van der Waals surface area contributed by atoms with Crippen LogP contribution >= 0.6 is 0 Å². The molecule has 0 spiro atoms. The Morgan fingerprint density at radius 3 is 1.41 bits per heavy atom. The monoisotopic (exact) mass is 316 g/mol. The molecule has 0 aliphatic heterocycles. The van der Waals surface area contributed by atoms with Crippen LogP contribution in [0.1, 0.15) is 78.1 Å². The zero-order chi connectivity index (χ0) is 16.7. The summed E-state index contributed by atoms with van der Waals surface area (Å²) in [6.45, 7) is 10.5. The zero-order valence-electron chi connectivity index (χ0n) is 15.5. The lowest BCUT2D eigenvalue weighted by atomic mass is 10.2. The van der Waals surface area contributed by atoms with Crippen LogP contribution in [0.25, 0.3) is 0 Å². The Hall–Kier alpha value is -0.160. The first-order valence-corrected chi connectivity index (χ1v) is 9.64. The van der Waals surface area contributed by atoms with Crippen LogP contribution in [0.5, 0.6) is 0 Å². The van der Waals surface area contributed by atoms with E-state index in [1.54, 1.807) is 0 Å². The van der Waals surface area contributed by atoms with Crippen molar-refractivity contribution in [3.05, 3.63) is 0 Å². The van der Waals surface area contributed by atoms with E-state index in [9.17, 15) is 0 Å². The van der Waals surface area contributed by atoms with Gasteiger partial charge in [0.1, 0.15) is 0 Å². The summed E-state index contributed by atoms with van der Waals surface area (Å²) in [7, 11) is 0. The number of unbranched alkanes of at least 4 members (excludes halogenated alkanes) is 7. The molecule has 0 fully saturated rings. The third kappa shape index (κ3) is 28.1. The zero-order valence-corrected chi connectivity index (χ0v) is 15.5. The second-order valence-corrected chi connectivity index (χ2v) is 5.91. The van der Waals surface area contributed by atoms with E-state index in [0.29, 0.717) is 0 Å². The van der Waals surface area contributed by atoms with Gasteiger partial charge in [-0.15, -0.1) is 0 Å². The molecular formula is C18H44N4. The maximum absolute atomic E-state index is 5.41. The molecule has 136 valence electrons. The average molecular weight is 317 g/mol. The summed E-state index contributed by atoms with van der Waals surface area (Å²) < 4.78 is 0. The summed E-state index contributed by atoms with van der Waals surface area (Å²) in [5.41, 5.74) is 10.7. The van der Waals surface area contributed by atoms with Crippen molar-refractivity contribution in [3.8, 4) is 0 Å². The van der Waals surface area contributed by atoms with Crippen LogP contribution in [-0.2, 0) is 0 Å². The predicted octanol–water partition coefficient (Wildman–Crippen LogP) is 3.01. The van der Waals surface area contributed by atoms with E-state index >= 15 is 0 Å². The number of nitrogens with two attached hydrogens (primary N) is 2. The molecule has 0 aromatic heterocycles. The first kappa shape index (κ1) is 24.1. The fraction of sp³-hybridized carbons (Fsp3) is 1.00. The summed E-state index contributed by atoms with van der Waals surface area (Å²) in [5.74, 6) is 0. The Bertz CT molecular complexity index is 149. The van der Waals surface area contributed by atoms with Crippen molar-refractivity contribution in [3.63, 3.8) is 0 Å². The molecule has 0 aliphatic carbocycles. The van der Waals surface area contributed by atoms with Gasteiger partial charge in [0.05, 0.1) is 0 Å². The van der Waals surface area contributed by atoms with E-state index in [-0.39, 0.29) is 0 Å². The molecule has 0 aromatic rings. The highest BCUT2D eigenvalue weighted by molar-refractivity contribution is 4.50. The first-order chi connectivity index (χ1) is 10.8. The number of hydrogen-bond donors (Lipinski definition) is 4. The molecule has 0 atom stereocenters. The van der Waals surface area contributed by atoms with Crippen molar-refractivity contribution in [2.24, 2.45) is 11.5 Å². The molecule has 0 unspecified atom stereocenters. The van der Waals surface area contributed by atoms with Gasteiger partial charge >= 0.3 is 0 Å². The van der Waals surface area contributed by atoms with E-state index in [4.69, 9.17) is 11.5 Å². The Labute approximate surface area is 140 Å². The summed E-state index contributed by atoms with van der Waals surface area (Å²) in [4.78, 5) is 0. The van der Waals surface area contributed by atoms with Gasteiger partial charge in [-0.05, 0) is 51.9 Å². The molecule has 0 saturated heterocycles. The summed E-state index contributed by atoms with van der Waals surface area (Å²) in [6, 6.07) is 0. The van der Waals surface area contributed by atoms with Crippen LogP contribution < -0.4 is 22.1 Å². The van der Waals surface area contributed by atoms with E-state index in [1.807, 2.05) is 0 Å². The van der Waals surface area contributed by atoms with Gasteiger partial charge in [-0.2, -0.15) is 0 Å². The van der Waals surface area contributed by atoms with E-state index in [2.05, 4.69) is 24.5 Å². The highest BCUT2D eigenvalue weighted by Gasteiger charge is 1.89. The molecule has 0 bridgehead atoms. The van der Waals surface area contributed by atoms with E-state index < -0.39 is 0 Å². The minimum absolute atomic E-state index is 0.756. The normalized spacial score (nSPS) is 10.4. The number of rotatable bonds is 16. The lowest BCUT2D eigenvalue weighted by Gasteiger charge is -2.03. The van der Waals surface area contributed by atoms with Gasteiger partial charge in [-0.25, -0.2) is 0 Å². The smallest absolute Gasteiger partial charge is 0.00745 e. The molecule has 0 rings (SSSR count). The minimum Gasteiger partial charge on any atom is -0.330 e. The van der Waals surface area contributed by atoms with Crippen LogP contribution in [-0.4, -0.2) is 39.3 Å². The molecule has 6 N–H and O–H groups in total. The van der Waals surface area contributed by atoms with E-state index in [0.717, 1.165) is 26.2 Å². The third-order valence-electron chi connectivity index (χ3n) is 3.54. The fourth-order valence-corrected chi connectivity index (χ4v) is 2.10. The maximum atomic E-state index is 5.41. The van der Waals surface area contributed by atoms with Crippen LogP contribution in [0.15, 0.2) is 0 Å². The molecular weight excluding hydrogens is 272 g/mol. The lowest BCUT2D eigenvalue weighted by Crippen LogP contribution is -2.23. The standard InChI is InChI=1S/C11H26N2.C7H18N2/c1-2-3-7-10-13-11-8-5-4-6-9-12;1-2-3-4-6-9-7-5-8/h13H,2-12H2,1H3;9H,2-8H2,1H3. The van der Waals surface area contributed by atoms with Crippen LogP contribution in [0.4, 0.5) is 0 Å². The van der Waals surface area contributed by atoms with Gasteiger partial charge in [-0.3, -0.25) is 0 Å². The Morgan fingerprint density at radius 1 is 0.500 bits per heavy atom. The summed E-state index contributed by atoms with van der Waals surface area (Å²) in [6.07, 6.45) is 13.1. The quantitative estimate of drug-likeness (QED) is 0.330. The molecule has 0 aliphatic rings. The van der Waals surface area contributed by atoms with Gasteiger partial charge in [0, 0.05) is 13.1 Å². The molecule has 0 heterocycles. The summed E-state index contributed by atoms with van der Waals surface area (Å²) in [5, 5.41) is 6.71. The molecule has 4 heteroatoms. The molecule has 0 saturated carbocycles. The molecule has 22 heavy (non-hydrogen) atoms. The largest absolute Gasteiger partial charge is 0.330 e. The second kappa shape index (κ2) is 25.8. The average Bonchev–Trinajstić information content (AvgIpc) is 2.54. The van der Waals surface area contributed by atoms with Crippen LogP contribution in [0, 0.1) is 0 Å². The van der Waals surface area contributed by atoms with Crippen molar-refractivity contribution >= 4 is 0 Å². The van der Waals surface area contributed by atoms with Crippen molar-refractivity contribution in [1.82, 2.24) is 10.6 Å². The molecule has 0 amide bonds. The Kier molecular flexibility index (Phi) is 28.2. The number of hydrogen-bond acceptors (Lipinski definition) is 4. The van der Waals surface area contributed by atoms with Crippen LogP contribution in [0.2, 0.25) is 0 Å². The minimum atomic E-state index is 0.756. The Morgan fingerprint density at radius 2 is 0.955 bits per heavy atom. The highest BCUT2D eigenvalue weighted by atomic mass is 14.9. The van der Waals surface area contributed by atoms with Crippen molar-refractivity contribution in [2.75, 3.05) is 39.3 Å². The highest BCUT2D eigenvalue weighted by Crippen LogP contribution is 1.97. The van der Waals surface area contributed by atoms with Crippen molar-refractivity contribution in [1.29, 1.82) is 0 Å². The first-order valence-electron chi connectivity index (χ1n) is 9.64. The maximum Gasteiger partial charge on any atom is 0.00745 e.